The van der Waals surface area contributed by atoms with Crippen molar-refractivity contribution in [1.82, 2.24) is 9.88 Å². The third-order valence-corrected chi connectivity index (χ3v) is 3.28. The number of aromatic carboxylic acids is 1. The summed E-state index contributed by atoms with van der Waals surface area (Å²) in [5.74, 6) is 0.0492. The quantitative estimate of drug-likeness (QED) is 0.863. The number of aromatic nitrogens is 1. The van der Waals surface area contributed by atoms with Crippen LogP contribution in [0.2, 0.25) is 0 Å². The molecular weight excluding hydrogens is 220 g/mol. The fourth-order valence-corrected chi connectivity index (χ4v) is 2.35. The van der Waals surface area contributed by atoms with Crippen molar-refractivity contribution in [3.63, 3.8) is 0 Å². The lowest BCUT2D eigenvalue weighted by molar-refractivity contribution is 0.0690. The van der Waals surface area contributed by atoms with Gasteiger partial charge in [-0.05, 0) is 31.8 Å². The van der Waals surface area contributed by atoms with Gasteiger partial charge in [-0.2, -0.15) is 0 Å². The Morgan fingerprint density at radius 3 is 3.18 bits per heavy atom. The van der Waals surface area contributed by atoms with Crippen molar-refractivity contribution in [3.8, 4) is 0 Å². The molecule has 5 nitrogen and oxygen atoms in total. The SMILES string of the molecule is CCN1CCCC(Cc2nc(C(=O)O)co2)C1. The minimum atomic E-state index is -1.03. The third kappa shape index (κ3) is 3.06. The van der Waals surface area contributed by atoms with Gasteiger partial charge in [0.25, 0.3) is 0 Å². The molecule has 0 aromatic carbocycles. The fourth-order valence-electron chi connectivity index (χ4n) is 2.35. The molecule has 0 radical (unpaired) electrons. The highest BCUT2D eigenvalue weighted by molar-refractivity contribution is 5.84. The fraction of sp³-hybridized carbons (Fsp3) is 0.667. The third-order valence-electron chi connectivity index (χ3n) is 3.28. The number of carboxylic acid groups (broad SMARTS) is 1. The van der Waals surface area contributed by atoms with Crippen molar-refractivity contribution in [2.45, 2.75) is 26.2 Å². The van der Waals surface area contributed by atoms with Crippen molar-refractivity contribution in [3.05, 3.63) is 17.8 Å². The Morgan fingerprint density at radius 2 is 2.53 bits per heavy atom. The van der Waals surface area contributed by atoms with E-state index < -0.39 is 5.97 Å². The second kappa shape index (κ2) is 5.31. The zero-order chi connectivity index (χ0) is 12.3. The van der Waals surface area contributed by atoms with Gasteiger partial charge in [0.2, 0.25) is 0 Å². The maximum Gasteiger partial charge on any atom is 0.357 e. The van der Waals surface area contributed by atoms with Gasteiger partial charge in [0, 0.05) is 13.0 Å². The second-order valence-electron chi connectivity index (χ2n) is 4.54. The van der Waals surface area contributed by atoms with E-state index in [0.717, 1.165) is 19.5 Å². The van der Waals surface area contributed by atoms with Crippen molar-refractivity contribution in [2.75, 3.05) is 19.6 Å². The molecule has 1 aliphatic rings. The standard InChI is InChI=1S/C12H18N2O3/c1-2-14-5-3-4-9(7-14)6-11-13-10(8-17-11)12(15)16/h8-9H,2-7H2,1H3,(H,15,16). The molecule has 1 aliphatic heterocycles. The molecule has 1 aromatic rings. The molecule has 1 saturated heterocycles. The Labute approximate surface area is 100 Å². The summed E-state index contributed by atoms with van der Waals surface area (Å²) in [6.07, 6.45) is 4.33. The smallest absolute Gasteiger partial charge is 0.357 e. The van der Waals surface area contributed by atoms with E-state index >= 15 is 0 Å². The normalized spacial score (nSPS) is 21.6. The van der Waals surface area contributed by atoms with E-state index in [9.17, 15) is 4.79 Å². The number of carbonyl (C=O) groups is 1. The van der Waals surface area contributed by atoms with Crippen LogP contribution in [0.1, 0.15) is 36.1 Å². The molecular formula is C12H18N2O3. The summed E-state index contributed by atoms with van der Waals surface area (Å²) in [5.41, 5.74) is 0.00292. The molecule has 1 atom stereocenters. The number of piperidine rings is 1. The largest absolute Gasteiger partial charge is 0.476 e. The number of oxazole rings is 1. The summed E-state index contributed by atoms with van der Waals surface area (Å²) in [6, 6.07) is 0. The monoisotopic (exact) mass is 238 g/mol. The average molecular weight is 238 g/mol. The average Bonchev–Trinajstić information content (AvgIpc) is 2.78. The van der Waals surface area contributed by atoms with Crippen molar-refractivity contribution in [2.24, 2.45) is 5.92 Å². The Morgan fingerprint density at radius 1 is 1.71 bits per heavy atom. The molecule has 0 aliphatic carbocycles. The number of hydrogen-bond donors (Lipinski definition) is 1. The molecule has 1 N–H and O–H groups in total. The lowest BCUT2D eigenvalue weighted by Gasteiger charge is -2.31. The van der Waals surface area contributed by atoms with Gasteiger partial charge < -0.3 is 14.4 Å². The highest BCUT2D eigenvalue weighted by Gasteiger charge is 2.21. The lowest BCUT2D eigenvalue weighted by atomic mass is 9.95. The van der Waals surface area contributed by atoms with Gasteiger partial charge in [-0.1, -0.05) is 6.92 Å². The molecule has 2 heterocycles. The molecule has 0 bridgehead atoms. The van der Waals surface area contributed by atoms with Crippen LogP contribution in [0, 0.1) is 5.92 Å². The molecule has 17 heavy (non-hydrogen) atoms. The van der Waals surface area contributed by atoms with Crippen LogP contribution >= 0.6 is 0 Å². The lowest BCUT2D eigenvalue weighted by Crippen LogP contribution is -2.35. The summed E-state index contributed by atoms with van der Waals surface area (Å²) < 4.78 is 5.19. The van der Waals surface area contributed by atoms with Crippen LogP contribution in [-0.2, 0) is 6.42 Å². The van der Waals surface area contributed by atoms with Crippen LogP contribution in [0.25, 0.3) is 0 Å². The van der Waals surface area contributed by atoms with Gasteiger partial charge in [0.05, 0.1) is 0 Å². The van der Waals surface area contributed by atoms with Crippen molar-refractivity contribution in [1.29, 1.82) is 0 Å². The van der Waals surface area contributed by atoms with E-state index in [0.29, 0.717) is 11.8 Å². The number of carboxylic acids is 1. The highest BCUT2D eigenvalue weighted by atomic mass is 16.4. The Kier molecular flexibility index (Phi) is 3.78. The van der Waals surface area contributed by atoms with Crippen LogP contribution in [-0.4, -0.2) is 40.6 Å². The molecule has 1 aromatic heterocycles. The zero-order valence-corrected chi connectivity index (χ0v) is 10.1. The first-order chi connectivity index (χ1) is 8.19. The van der Waals surface area contributed by atoms with Gasteiger partial charge in [-0.3, -0.25) is 0 Å². The summed E-state index contributed by atoms with van der Waals surface area (Å²) in [5, 5.41) is 8.75. The van der Waals surface area contributed by atoms with Crippen molar-refractivity contribution >= 4 is 5.97 Å². The number of rotatable bonds is 4. The second-order valence-corrected chi connectivity index (χ2v) is 4.54. The predicted octanol–water partition coefficient (Wildman–Crippen LogP) is 1.65. The van der Waals surface area contributed by atoms with E-state index in [1.54, 1.807) is 0 Å². The maximum absolute atomic E-state index is 10.7. The van der Waals surface area contributed by atoms with Gasteiger partial charge in [-0.25, -0.2) is 9.78 Å². The molecule has 5 heteroatoms. The molecule has 0 saturated carbocycles. The first kappa shape index (κ1) is 12.1. The molecule has 0 spiro atoms. The summed E-state index contributed by atoms with van der Waals surface area (Å²) in [7, 11) is 0. The van der Waals surface area contributed by atoms with E-state index in [-0.39, 0.29) is 5.69 Å². The molecule has 2 rings (SSSR count). The molecule has 0 amide bonds. The summed E-state index contributed by atoms with van der Waals surface area (Å²) in [6.45, 7) is 5.46. The molecule has 94 valence electrons. The minimum absolute atomic E-state index is 0.00292. The van der Waals surface area contributed by atoms with E-state index in [1.807, 2.05) is 0 Å². The van der Waals surface area contributed by atoms with Crippen LogP contribution in [0.4, 0.5) is 0 Å². The molecule has 1 unspecified atom stereocenters. The number of hydrogen-bond acceptors (Lipinski definition) is 4. The van der Waals surface area contributed by atoms with E-state index in [1.165, 1.54) is 25.6 Å². The van der Waals surface area contributed by atoms with Crippen LogP contribution in [0.15, 0.2) is 10.7 Å². The Hall–Kier alpha value is -1.36. The van der Waals surface area contributed by atoms with Crippen LogP contribution in [0.3, 0.4) is 0 Å². The predicted molar refractivity (Wildman–Crippen MR) is 62.0 cm³/mol. The van der Waals surface area contributed by atoms with Gasteiger partial charge >= 0.3 is 5.97 Å². The first-order valence-electron chi connectivity index (χ1n) is 6.09. The molecule has 1 fully saturated rings. The van der Waals surface area contributed by atoms with E-state index in [2.05, 4.69) is 16.8 Å². The topological polar surface area (TPSA) is 66.6 Å². The van der Waals surface area contributed by atoms with E-state index in [4.69, 9.17) is 9.52 Å². The zero-order valence-electron chi connectivity index (χ0n) is 10.1. The Balaban J connectivity index is 1.93. The van der Waals surface area contributed by atoms with Gasteiger partial charge in [-0.15, -0.1) is 0 Å². The number of likely N-dealkylation sites (tertiary alicyclic amines) is 1. The van der Waals surface area contributed by atoms with Crippen LogP contribution in [0.5, 0.6) is 0 Å². The number of nitrogens with zero attached hydrogens (tertiary/aromatic N) is 2. The highest BCUT2D eigenvalue weighted by Crippen LogP contribution is 2.20. The van der Waals surface area contributed by atoms with Gasteiger partial charge in [0.15, 0.2) is 11.6 Å². The summed E-state index contributed by atoms with van der Waals surface area (Å²) in [4.78, 5) is 17.1. The van der Waals surface area contributed by atoms with Gasteiger partial charge in [0.1, 0.15) is 6.26 Å². The first-order valence-corrected chi connectivity index (χ1v) is 6.09. The van der Waals surface area contributed by atoms with Crippen LogP contribution < -0.4 is 0 Å². The summed E-state index contributed by atoms with van der Waals surface area (Å²) >= 11 is 0. The maximum atomic E-state index is 10.7. The minimum Gasteiger partial charge on any atom is -0.476 e. The van der Waals surface area contributed by atoms with Crippen molar-refractivity contribution < 1.29 is 14.3 Å². The Bertz CT molecular complexity index is 389.